The van der Waals surface area contributed by atoms with Gasteiger partial charge in [0.25, 0.3) is 0 Å². The van der Waals surface area contributed by atoms with Crippen LogP contribution in [-0.2, 0) is 6.42 Å². The summed E-state index contributed by atoms with van der Waals surface area (Å²) in [5.74, 6) is 0.704. The highest BCUT2D eigenvalue weighted by Gasteiger charge is 2.25. The maximum absolute atomic E-state index is 9.02. The predicted octanol–water partition coefficient (Wildman–Crippen LogP) is 2.64. The van der Waals surface area contributed by atoms with Gasteiger partial charge in [0.2, 0.25) is 0 Å². The first-order chi connectivity index (χ1) is 10.3. The number of benzene rings is 1. The van der Waals surface area contributed by atoms with Crippen molar-refractivity contribution in [2.24, 2.45) is 0 Å². The molecule has 21 heavy (non-hydrogen) atoms. The summed E-state index contributed by atoms with van der Waals surface area (Å²) < 4.78 is 0. The molecule has 1 aromatic carbocycles. The molecule has 1 aliphatic heterocycles. The molecule has 3 nitrogen and oxygen atoms in total. The highest BCUT2D eigenvalue weighted by atomic mass is 15.3. The molecule has 1 fully saturated rings. The Morgan fingerprint density at radius 1 is 1.24 bits per heavy atom. The second-order valence-electron chi connectivity index (χ2n) is 6.43. The Morgan fingerprint density at radius 3 is 2.76 bits per heavy atom. The average Bonchev–Trinajstić information content (AvgIpc) is 2.55. The molecule has 0 spiro atoms. The van der Waals surface area contributed by atoms with Gasteiger partial charge in [0, 0.05) is 32.7 Å². The molecule has 1 aromatic rings. The Balaban J connectivity index is 1.58. The third-order valence-corrected chi connectivity index (χ3v) is 5.11. The van der Waals surface area contributed by atoms with Gasteiger partial charge in [-0.2, -0.15) is 5.26 Å². The molecule has 3 heteroatoms. The SMILES string of the molecule is CC(C#N)N1CCN(CC2CCCc3ccccc32)CC1. The van der Waals surface area contributed by atoms with E-state index in [1.54, 1.807) is 11.1 Å². The van der Waals surface area contributed by atoms with Crippen LogP contribution < -0.4 is 0 Å². The smallest absolute Gasteiger partial charge is 0.0950 e. The molecule has 1 saturated heterocycles. The van der Waals surface area contributed by atoms with Crippen molar-refractivity contribution >= 4 is 0 Å². The van der Waals surface area contributed by atoms with Crippen molar-refractivity contribution in [3.8, 4) is 6.07 Å². The molecule has 2 aliphatic rings. The van der Waals surface area contributed by atoms with E-state index in [0.717, 1.165) is 26.2 Å². The highest BCUT2D eigenvalue weighted by molar-refractivity contribution is 5.32. The molecule has 1 aliphatic carbocycles. The van der Waals surface area contributed by atoms with Gasteiger partial charge in [0.05, 0.1) is 12.1 Å². The van der Waals surface area contributed by atoms with Crippen LogP contribution in [0.2, 0.25) is 0 Å². The first-order valence-corrected chi connectivity index (χ1v) is 8.22. The van der Waals surface area contributed by atoms with Crippen molar-refractivity contribution in [1.29, 1.82) is 5.26 Å². The zero-order valence-electron chi connectivity index (χ0n) is 13.0. The van der Waals surface area contributed by atoms with Crippen LogP contribution in [0.4, 0.5) is 0 Å². The zero-order valence-corrected chi connectivity index (χ0v) is 13.0. The molecule has 0 radical (unpaired) electrons. The Kier molecular flexibility index (Phi) is 4.57. The number of rotatable bonds is 3. The van der Waals surface area contributed by atoms with Crippen LogP contribution in [0.15, 0.2) is 24.3 Å². The summed E-state index contributed by atoms with van der Waals surface area (Å²) in [4.78, 5) is 4.89. The number of aryl methyl sites for hydroxylation is 1. The van der Waals surface area contributed by atoms with Gasteiger partial charge in [0.1, 0.15) is 0 Å². The van der Waals surface area contributed by atoms with E-state index in [9.17, 15) is 0 Å². The van der Waals surface area contributed by atoms with E-state index in [2.05, 4.69) is 40.1 Å². The Labute approximate surface area is 128 Å². The van der Waals surface area contributed by atoms with Gasteiger partial charge in [-0.3, -0.25) is 4.90 Å². The molecule has 2 unspecified atom stereocenters. The fourth-order valence-electron chi connectivity index (χ4n) is 3.77. The largest absolute Gasteiger partial charge is 0.300 e. The summed E-state index contributed by atoms with van der Waals surface area (Å²) in [5, 5.41) is 9.02. The molecule has 112 valence electrons. The van der Waals surface area contributed by atoms with Crippen LogP contribution in [0.1, 0.15) is 36.8 Å². The molecular formula is C18H25N3. The van der Waals surface area contributed by atoms with Gasteiger partial charge < -0.3 is 4.90 Å². The minimum absolute atomic E-state index is 0.0579. The van der Waals surface area contributed by atoms with Crippen molar-refractivity contribution in [2.45, 2.75) is 38.1 Å². The molecule has 2 atom stereocenters. The lowest BCUT2D eigenvalue weighted by Gasteiger charge is -2.38. The Hall–Kier alpha value is -1.37. The topological polar surface area (TPSA) is 30.3 Å². The van der Waals surface area contributed by atoms with Gasteiger partial charge in [-0.25, -0.2) is 0 Å². The third-order valence-electron chi connectivity index (χ3n) is 5.11. The molecule has 3 rings (SSSR count). The standard InChI is InChI=1S/C18H25N3/c1-15(13-19)21-11-9-20(10-12-21)14-17-7-4-6-16-5-2-3-8-18(16)17/h2-3,5,8,15,17H,4,6-7,9-12,14H2,1H3. The van der Waals surface area contributed by atoms with E-state index in [4.69, 9.17) is 5.26 Å². The minimum atomic E-state index is 0.0579. The summed E-state index contributed by atoms with van der Waals surface area (Å²) in [6.45, 7) is 7.46. The van der Waals surface area contributed by atoms with Crippen molar-refractivity contribution in [3.63, 3.8) is 0 Å². The lowest BCUT2D eigenvalue weighted by molar-refractivity contribution is 0.112. The number of hydrogen-bond acceptors (Lipinski definition) is 3. The average molecular weight is 283 g/mol. The maximum Gasteiger partial charge on any atom is 0.0950 e. The van der Waals surface area contributed by atoms with E-state index < -0.39 is 0 Å². The normalized spacial score (nSPS) is 25.0. The quantitative estimate of drug-likeness (QED) is 0.854. The first-order valence-electron chi connectivity index (χ1n) is 8.22. The van der Waals surface area contributed by atoms with E-state index in [0.29, 0.717) is 5.92 Å². The fraction of sp³-hybridized carbons (Fsp3) is 0.611. The second kappa shape index (κ2) is 6.60. The molecular weight excluding hydrogens is 258 g/mol. The van der Waals surface area contributed by atoms with E-state index in [-0.39, 0.29) is 6.04 Å². The predicted molar refractivity (Wildman–Crippen MR) is 85.2 cm³/mol. The summed E-state index contributed by atoms with van der Waals surface area (Å²) >= 11 is 0. The van der Waals surface area contributed by atoms with E-state index >= 15 is 0 Å². The second-order valence-corrected chi connectivity index (χ2v) is 6.43. The van der Waals surface area contributed by atoms with Gasteiger partial charge in [0.15, 0.2) is 0 Å². The fourth-order valence-corrected chi connectivity index (χ4v) is 3.77. The highest BCUT2D eigenvalue weighted by Crippen LogP contribution is 2.32. The zero-order chi connectivity index (χ0) is 14.7. The van der Waals surface area contributed by atoms with Crippen molar-refractivity contribution in [3.05, 3.63) is 35.4 Å². The van der Waals surface area contributed by atoms with Crippen molar-refractivity contribution in [2.75, 3.05) is 32.7 Å². The van der Waals surface area contributed by atoms with Gasteiger partial charge >= 0.3 is 0 Å². The molecule has 0 saturated carbocycles. The van der Waals surface area contributed by atoms with Crippen molar-refractivity contribution in [1.82, 2.24) is 9.80 Å². The van der Waals surface area contributed by atoms with Crippen LogP contribution in [-0.4, -0.2) is 48.6 Å². The third kappa shape index (κ3) is 3.28. The van der Waals surface area contributed by atoms with Crippen LogP contribution in [0, 0.1) is 11.3 Å². The molecule has 0 bridgehead atoms. The van der Waals surface area contributed by atoms with Gasteiger partial charge in [-0.1, -0.05) is 24.3 Å². The summed E-state index contributed by atoms with van der Waals surface area (Å²) in [7, 11) is 0. The number of piperazine rings is 1. The van der Waals surface area contributed by atoms with Gasteiger partial charge in [-0.05, 0) is 43.2 Å². The van der Waals surface area contributed by atoms with Crippen LogP contribution in [0.5, 0.6) is 0 Å². The number of hydrogen-bond donors (Lipinski definition) is 0. The Bertz CT molecular complexity index is 511. The van der Waals surface area contributed by atoms with Crippen LogP contribution in [0.25, 0.3) is 0 Å². The number of fused-ring (bicyclic) bond motifs is 1. The lowest BCUT2D eigenvalue weighted by atomic mass is 9.82. The molecule has 0 N–H and O–H groups in total. The number of nitriles is 1. The molecule has 1 heterocycles. The first kappa shape index (κ1) is 14.6. The van der Waals surface area contributed by atoms with E-state index in [1.807, 2.05) is 6.92 Å². The minimum Gasteiger partial charge on any atom is -0.300 e. The molecule has 0 aromatic heterocycles. The summed E-state index contributed by atoms with van der Waals surface area (Å²) in [6, 6.07) is 11.4. The number of nitrogens with zero attached hydrogens (tertiary/aromatic N) is 3. The van der Waals surface area contributed by atoms with Crippen molar-refractivity contribution < 1.29 is 0 Å². The summed E-state index contributed by atoms with van der Waals surface area (Å²) in [6.07, 6.45) is 3.90. The Morgan fingerprint density at radius 2 is 2.00 bits per heavy atom. The summed E-state index contributed by atoms with van der Waals surface area (Å²) in [5.41, 5.74) is 3.14. The molecule has 0 amide bonds. The monoisotopic (exact) mass is 283 g/mol. The van der Waals surface area contributed by atoms with Crippen LogP contribution in [0.3, 0.4) is 0 Å². The lowest BCUT2D eigenvalue weighted by Crippen LogP contribution is -2.50. The maximum atomic E-state index is 9.02. The van der Waals surface area contributed by atoms with Gasteiger partial charge in [-0.15, -0.1) is 0 Å². The van der Waals surface area contributed by atoms with E-state index in [1.165, 1.54) is 25.8 Å². The van der Waals surface area contributed by atoms with Crippen LogP contribution >= 0.6 is 0 Å².